The highest BCUT2D eigenvalue weighted by atomic mass is 32.2. The predicted octanol–water partition coefficient (Wildman–Crippen LogP) is 4.21. The third-order valence-corrected chi connectivity index (χ3v) is 9.71. The molecule has 4 heterocycles. The van der Waals surface area contributed by atoms with Crippen molar-refractivity contribution in [2.45, 2.75) is 67.3 Å². The molecule has 1 aromatic heterocycles. The molecule has 2 saturated heterocycles. The van der Waals surface area contributed by atoms with Gasteiger partial charge in [-0.05, 0) is 48.7 Å². The van der Waals surface area contributed by atoms with Crippen molar-refractivity contribution in [1.82, 2.24) is 10.2 Å². The second-order valence-corrected chi connectivity index (χ2v) is 12.2. The summed E-state index contributed by atoms with van der Waals surface area (Å²) in [5.74, 6) is -2.07. The molecule has 3 amide bonds. The number of anilines is 1. The van der Waals surface area contributed by atoms with Crippen molar-refractivity contribution < 1.29 is 19.1 Å². The minimum Gasteiger partial charge on any atom is -0.359 e. The molecular formula is C28H31N3O4S2. The van der Waals surface area contributed by atoms with Gasteiger partial charge in [0.05, 0.1) is 24.5 Å². The summed E-state index contributed by atoms with van der Waals surface area (Å²) in [5.41, 5.74) is -0.453. The Morgan fingerprint density at radius 3 is 2.76 bits per heavy atom. The van der Waals surface area contributed by atoms with E-state index in [0.29, 0.717) is 12.2 Å². The Bertz CT molecular complexity index is 1230. The molecule has 3 aliphatic heterocycles. The van der Waals surface area contributed by atoms with E-state index in [0.717, 1.165) is 35.5 Å². The lowest BCUT2D eigenvalue weighted by Gasteiger charge is -2.34. The highest BCUT2D eigenvalue weighted by molar-refractivity contribution is 7.98. The number of thiophene rings is 1. The van der Waals surface area contributed by atoms with E-state index in [1.165, 1.54) is 6.42 Å². The van der Waals surface area contributed by atoms with Crippen molar-refractivity contribution in [1.29, 1.82) is 0 Å². The summed E-state index contributed by atoms with van der Waals surface area (Å²) in [6, 6.07) is 10.9. The maximum absolute atomic E-state index is 14.0. The number of nitrogens with one attached hydrogen (secondary N) is 2. The Morgan fingerprint density at radius 1 is 1.16 bits per heavy atom. The minimum atomic E-state index is -1.14. The molecule has 5 atom stereocenters. The summed E-state index contributed by atoms with van der Waals surface area (Å²) in [6.07, 6.45) is 10.5. The first-order valence-corrected chi connectivity index (χ1v) is 15.1. The zero-order valence-corrected chi connectivity index (χ0v) is 22.4. The summed E-state index contributed by atoms with van der Waals surface area (Å²) in [7, 11) is 0. The molecule has 9 heteroatoms. The standard InChI is InChI=1S/C28H31N3O4S2/c1-36-19-10-5-9-18(15-19)30-25(32)22-21-12-13-28(35-21)23(22)27(34)31(16-20-11-6-14-37-20)24(28)26(33)29-17-7-3-2-4-8-17/h5-6,9-15,17,21-24H,2-4,7-8,16H2,1H3,(H,29,33)(H,30,32)/t21-,22-,23-,24-,28-/m1/s1. The number of hydrogen-bond donors (Lipinski definition) is 2. The molecule has 6 rings (SSSR count). The average Bonchev–Trinajstić information content (AvgIpc) is 3.68. The molecule has 2 aromatic rings. The Kier molecular flexibility index (Phi) is 6.63. The largest absolute Gasteiger partial charge is 0.359 e. The van der Waals surface area contributed by atoms with Crippen LogP contribution in [0.25, 0.3) is 0 Å². The van der Waals surface area contributed by atoms with Crippen LogP contribution in [0.1, 0.15) is 37.0 Å². The van der Waals surface area contributed by atoms with Crippen molar-refractivity contribution in [3.8, 4) is 0 Å². The molecule has 3 fully saturated rings. The molecule has 0 radical (unpaired) electrons. The third kappa shape index (κ3) is 4.30. The quantitative estimate of drug-likeness (QED) is 0.408. The Hall–Kier alpha value is -2.62. The minimum absolute atomic E-state index is 0.112. The first kappa shape index (κ1) is 24.7. The lowest BCUT2D eigenvalue weighted by atomic mass is 9.74. The van der Waals surface area contributed by atoms with Gasteiger partial charge in [0, 0.05) is 21.5 Å². The zero-order chi connectivity index (χ0) is 25.6. The first-order chi connectivity index (χ1) is 18.0. The summed E-state index contributed by atoms with van der Waals surface area (Å²) in [5, 5.41) is 8.20. The number of nitrogens with zero attached hydrogens (tertiary/aromatic N) is 1. The van der Waals surface area contributed by atoms with E-state index in [4.69, 9.17) is 4.74 Å². The molecule has 1 aromatic carbocycles. The van der Waals surface area contributed by atoms with Crippen molar-refractivity contribution in [3.63, 3.8) is 0 Å². The van der Waals surface area contributed by atoms with E-state index in [1.54, 1.807) is 28.0 Å². The van der Waals surface area contributed by atoms with Crippen molar-refractivity contribution in [2.24, 2.45) is 11.8 Å². The van der Waals surface area contributed by atoms with Gasteiger partial charge in [-0.1, -0.05) is 43.5 Å². The number of hydrogen-bond acceptors (Lipinski definition) is 6. The van der Waals surface area contributed by atoms with E-state index in [2.05, 4.69) is 10.6 Å². The molecule has 1 saturated carbocycles. The Balaban J connectivity index is 1.31. The van der Waals surface area contributed by atoms with Crippen molar-refractivity contribution in [3.05, 3.63) is 58.8 Å². The predicted molar refractivity (Wildman–Crippen MR) is 144 cm³/mol. The molecule has 0 unspecified atom stereocenters. The van der Waals surface area contributed by atoms with Crippen LogP contribution in [0.3, 0.4) is 0 Å². The number of amides is 3. The molecule has 194 valence electrons. The molecule has 2 N–H and O–H groups in total. The second kappa shape index (κ2) is 9.93. The van der Waals surface area contributed by atoms with Gasteiger partial charge in [-0.2, -0.15) is 0 Å². The monoisotopic (exact) mass is 537 g/mol. The van der Waals surface area contributed by atoms with Gasteiger partial charge in [-0.15, -0.1) is 23.1 Å². The van der Waals surface area contributed by atoms with Crippen LogP contribution in [0.2, 0.25) is 0 Å². The SMILES string of the molecule is CSc1cccc(NC(=O)[C@@H]2[C@H]3C=C[C@@]4(O3)[C@H]2C(=O)N(Cc2cccs2)[C@@H]4C(=O)NC2CCCCC2)c1. The second-order valence-electron chi connectivity index (χ2n) is 10.3. The fourth-order valence-electron chi connectivity index (χ4n) is 6.46. The number of rotatable bonds is 7. The zero-order valence-electron chi connectivity index (χ0n) is 20.7. The number of likely N-dealkylation sites (tertiary alicyclic amines) is 1. The number of ether oxygens (including phenoxy) is 1. The Labute approximate surface area is 225 Å². The van der Waals surface area contributed by atoms with Crippen LogP contribution in [0.15, 0.2) is 58.8 Å². The molecule has 7 nitrogen and oxygen atoms in total. The van der Waals surface area contributed by atoms with Gasteiger partial charge >= 0.3 is 0 Å². The van der Waals surface area contributed by atoms with Crippen LogP contribution in [0, 0.1) is 11.8 Å². The van der Waals surface area contributed by atoms with Crippen LogP contribution in [0.5, 0.6) is 0 Å². The highest BCUT2D eigenvalue weighted by Crippen LogP contribution is 2.55. The van der Waals surface area contributed by atoms with Crippen LogP contribution in [-0.2, 0) is 25.7 Å². The highest BCUT2D eigenvalue weighted by Gasteiger charge is 2.72. The topological polar surface area (TPSA) is 87.7 Å². The fourth-order valence-corrected chi connectivity index (χ4v) is 7.62. The Morgan fingerprint density at radius 2 is 2.00 bits per heavy atom. The number of carbonyl (C=O) groups excluding carboxylic acids is 3. The van der Waals surface area contributed by atoms with Crippen molar-refractivity contribution >= 4 is 46.5 Å². The average molecular weight is 538 g/mol. The van der Waals surface area contributed by atoms with Gasteiger partial charge in [0.25, 0.3) is 0 Å². The maximum Gasteiger partial charge on any atom is 0.246 e. The fraction of sp³-hybridized carbons (Fsp3) is 0.464. The molecule has 1 aliphatic carbocycles. The van der Waals surface area contributed by atoms with Crippen LogP contribution in [0.4, 0.5) is 5.69 Å². The number of fused-ring (bicyclic) bond motifs is 1. The van der Waals surface area contributed by atoms with Gasteiger partial charge in [-0.25, -0.2) is 0 Å². The van der Waals surface area contributed by atoms with E-state index in [1.807, 2.05) is 60.2 Å². The van der Waals surface area contributed by atoms with Gasteiger partial charge < -0.3 is 20.3 Å². The van der Waals surface area contributed by atoms with E-state index >= 15 is 0 Å². The van der Waals surface area contributed by atoms with Crippen LogP contribution in [-0.4, -0.2) is 52.7 Å². The smallest absolute Gasteiger partial charge is 0.246 e. The number of thioether (sulfide) groups is 1. The van der Waals surface area contributed by atoms with E-state index in [-0.39, 0.29) is 23.8 Å². The molecular weight excluding hydrogens is 506 g/mol. The normalized spacial score (nSPS) is 30.5. The van der Waals surface area contributed by atoms with Crippen LogP contribution < -0.4 is 10.6 Å². The number of carbonyl (C=O) groups is 3. The molecule has 37 heavy (non-hydrogen) atoms. The van der Waals surface area contributed by atoms with E-state index < -0.39 is 29.6 Å². The van der Waals surface area contributed by atoms with Crippen LogP contribution >= 0.6 is 23.1 Å². The molecule has 2 bridgehead atoms. The summed E-state index contributed by atoms with van der Waals surface area (Å²) in [6.45, 7) is 0.323. The van der Waals surface area contributed by atoms with Gasteiger partial charge in [-0.3, -0.25) is 14.4 Å². The van der Waals surface area contributed by atoms with E-state index in [9.17, 15) is 14.4 Å². The maximum atomic E-state index is 14.0. The third-order valence-electron chi connectivity index (χ3n) is 8.12. The molecule has 4 aliphatic rings. The first-order valence-electron chi connectivity index (χ1n) is 13.0. The van der Waals surface area contributed by atoms with Gasteiger partial charge in [0.2, 0.25) is 17.7 Å². The van der Waals surface area contributed by atoms with Crippen molar-refractivity contribution in [2.75, 3.05) is 11.6 Å². The lowest BCUT2D eigenvalue weighted by molar-refractivity contribution is -0.142. The lowest BCUT2D eigenvalue weighted by Crippen LogP contribution is -2.56. The summed E-state index contributed by atoms with van der Waals surface area (Å²) < 4.78 is 6.45. The number of benzene rings is 1. The summed E-state index contributed by atoms with van der Waals surface area (Å²) in [4.78, 5) is 45.2. The van der Waals surface area contributed by atoms with Gasteiger partial charge in [0.1, 0.15) is 11.6 Å². The molecule has 1 spiro atoms. The van der Waals surface area contributed by atoms with Gasteiger partial charge in [0.15, 0.2) is 0 Å². The summed E-state index contributed by atoms with van der Waals surface area (Å²) >= 11 is 3.15.